The molecule has 1 aromatic heterocycles. The maximum atomic E-state index is 10.9. The molecular formula is C13H9Cl2NO2. The van der Waals surface area contributed by atoms with E-state index >= 15 is 0 Å². The zero-order valence-electron chi connectivity index (χ0n) is 9.27. The summed E-state index contributed by atoms with van der Waals surface area (Å²) in [4.78, 5) is 14.8. The Kier molecular flexibility index (Phi) is 4.18. The molecule has 2 rings (SSSR count). The summed E-state index contributed by atoms with van der Waals surface area (Å²) >= 11 is 11.8. The molecule has 18 heavy (non-hydrogen) atoms. The van der Waals surface area contributed by atoms with Crippen LogP contribution in [-0.4, -0.2) is 11.3 Å². The molecule has 0 amide bonds. The van der Waals surface area contributed by atoms with Crippen molar-refractivity contribution >= 4 is 29.5 Å². The third-order valence-corrected chi connectivity index (χ3v) is 2.91. The summed E-state index contributed by atoms with van der Waals surface area (Å²) in [6, 6.07) is 6.64. The van der Waals surface area contributed by atoms with Crippen molar-refractivity contribution in [1.29, 1.82) is 0 Å². The largest absolute Gasteiger partial charge is 0.488 e. The van der Waals surface area contributed by atoms with Crippen LogP contribution in [-0.2, 0) is 6.61 Å². The molecule has 0 saturated heterocycles. The van der Waals surface area contributed by atoms with E-state index in [1.54, 1.807) is 36.7 Å². The molecule has 0 N–H and O–H groups in total. The van der Waals surface area contributed by atoms with E-state index in [0.29, 0.717) is 27.6 Å². The van der Waals surface area contributed by atoms with Crippen molar-refractivity contribution < 1.29 is 9.53 Å². The van der Waals surface area contributed by atoms with Gasteiger partial charge >= 0.3 is 0 Å². The van der Waals surface area contributed by atoms with Gasteiger partial charge in [0.05, 0.1) is 10.6 Å². The highest BCUT2D eigenvalue weighted by molar-refractivity contribution is 6.31. The van der Waals surface area contributed by atoms with E-state index in [1.165, 1.54) is 0 Å². The average molecular weight is 282 g/mol. The first-order chi connectivity index (χ1) is 8.70. The predicted molar refractivity (Wildman–Crippen MR) is 70.4 cm³/mol. The van der Waals surface area contributed by atoms with Gasteiger partial charge in [0.15, 0.2) is 6.29 Å². The van der Waals surface area contributed by atoms with E-state index < -0.39 is 0 Å². The lowest BCUT2D eigenvalue weighted by molar-refractivity contribution is 0.111. The fraction of sp³-hybridized carbons (Fsp3) is 0.0769. The minimum atomic E-state index is 0.268. The summed E-state index contributed by atoms with van der Waals surface area (Å²) < 4.78 is 5.55. The Balaban J connectivity index is 2.16. The molecule has 92 valence electrons. The number of aldehydes is 1. The molecule has 1 aromatic carbocycles. The molecule has 1 heterocycles. The van der Waals surface area contributed by atoms with Crippen molar-refractivity contribution in [2.75, 3.05) is 0 Å². The van der Waals surface area contributed by atoms with Crippen LogP contribution in [0.3, 0.4) is 0 Å². The quantitative estimate of drug-likeness (QED) is 0.801. The van der Waals surface area contributed by atoms with Gasteiger partial charge in [0, 0.05) is 23.0 Å². The normalized spacial score (nSPS) is 10.1. The molecule has 2 aromatic rings. The van der Waals surface area contributed by atoms with Gasteiger partial charge in [0.2, 0.25) is 0 Å². The predicted octanol–water partition coefficient (Wildman–Crippen LogP) is 3.78. The number of carbonyl (C=O) groups is 1. The maximum absolute atomic E-state index is 10.9. The highest BCUT2D eigenvalue weighted by Crippen LogP contribution is 2.23. The lowest BCUT2D eigenvalue weighted by Gasteiger charge is -2.09. The number of hydrogen-bond donors (Lipinski definition) is 0. The fourth-order valence-corrected chi connectivity index (χ4v) is 1.77. The minimum absolute atomic E-state index is 0.268. The fourth-order valence-electron chi connectivity index (χ4n) is 1.42. The van der Waals surface area contributed by atoms with Crippen LogP contribution in [0.4, 0.5) is 0 Å². The van der Waals surface area contributed by atoms with E-state index in [1.807, 2.05) is 0 Å². The standard InChI is InChI=1S/C13H9Cl2NO2/c14-11-1-2-13(10(5-11)7-17)18-8-9-3-4-16-6-12(9)15/h1-7H,8H2. The van der Waals surface area contributed by atoms with Crippen LogP contribution in [0.5, 0.6) is 5.75 Å². The van der Waals surface area contributed by atoms with Gasteiger partial charge < -0.3 is 4.74 Å². The number of aromatic nitrogens is 1. The minimum Gasteiger partial charge on any atom is -0.488 e. The van der Waals surface area contributed by atoms with E-state index in [2.05, 4.69) is 4.98 Å². The number of rotatable bonds is 4. The Bertz CT molecular complexity index is 573. The number of ether oxygens (including phenoxy) is 1. The highest BCUT2D eigenvalue weighted by atomic mass is 35.5. The third kappa shape index (κ3) is 3.00. The van der Waals surface area contributed by atoms with Crippen molar-refractivity contribution in [2.45, 2.75) is 6.61 Å². The lowest BCUT2D eigenvalue weighted by Crippen LogP contribution is -1.99. The van der Waals surface area contributed by atoms with Crippen LogP contribution >= 0.6 is 23.2 Å². The molecule has 0 radical (unpaired) electrons. The number of benzene rings is 1. The van der Waals surface area contributed by atoms with Crippen LogP contribution in [0.15, 0.2) is 36.7 Å². The van der Waals surface area contributed by atoms with Crippen molar-refractivity contribution in [3.05, 3.63) is 57.8 Å². The summed E-state index contributed by atoms with van der Waals surface area (Å²) in [7, 11) is 0. The number of pyridine rings is 1. The van der Waals surface area contributed by atoms with Gasteiger partial charge in [0.25, 0.3) is 0 Å². The molecule has 3 nitrogen and oxygen atoms in total. The molecule has 0 aliphatic carbocycles. The van der Waals surface area contributed by atoms with Gasteiger partial charge in [-0.3, -0.25) is 9.78 Å². The topological polar surface area (TPSA) is 39.2 Å². The van der Waals surface area contributed by atoms with E-state index in [-0.39, 0.29) is 6.61 Å². The van der Waals surface area contributed by atoms with E-state index in [4.69, 9.17) is 27.9 Å². The second-order valence-corrected chi connectivity index (χ2v) is 4.40. The van der Waals surface area contributed by atoms with Crippen LogP contribution in [0, 0.1) is 0 Å². The summed E-state index contributed by atoms with van der Waals surface area (Å²) in [5.74, 6) is 0.474. The molecule has 0 unspecified atom stereocenters. The summed E-state index contributed by atoms with van der Waals surface area (Å²) in [5.41, 5.74) is 1.21. The lowest BCUT2D eigenvalue weighted by atomic mass is 10.2. The number of hydrogen-bond acceptors (Lipinski definition) is 3. The summed E-state index contributed by atoms with van der Waals surface area (Å²) in [6.07, 6.45) is 3.88. The van der Waals surface area contributed by atoms with Gasteiger partial charge in [-0.15, -0.1) is 0 Å². The van der Waals surface area contributed by atoms with Gasteiger partial charge in [-0.05, 0) is 24.3 Å². The summed E-state index contributed by atoms with van der Waals surface area (Å²) in [5, 5.41) is 1.02. The van der Waals surface area contributed by atoms with Crippen LogP contribution in [0.2, 0.25) is 10.0 Å². The van der Waals surface area contributed by atoms with Crippen molar-refractivity contribution in [3.63, 3.8) is 0 Å². The summed E-state index contributed by atoms with van der Waals surface area (Å²) in [6.45, 7) is 0.268. The van der Waals surface area contributed by atoms with E-state index in [9.17, 15) is 4.79 Å². The second kappa shape index (κ2) is 5.85. The number of halogens is 2. The number of nitrogens with zero attached hydrogens (tertiary/aromatic N) is 1. The Morgan fingerprint density at radius 3 is 2.83 bits per heavy atom. The van der Waals surface area contributed by atoms with Crippen LogP contribution < -0.4 is 4.74 Å². The van der Waals surface area contributed by atoms with Crippen LogP contribution in [0.1, 0.15) is 15.9 Å². The van der Waals surface area contributed by atoms with E-state index in [0.717, 1.165) is 5.56 Å². The van der Waals surface area contributed by atoms with Gasteiger partial charge in [-0.25, -0.2) is 0 Å². The molecule has 5 heteroatoms. The molecule has 0 aliphatic heterocycles. The Hall–Kier alpha value is -1.58. The van der Waals surface area contributed by atoms with Crippen molar-refractivity contribution in [3.8, 4) is 5.75 Å². The van der Waals surface area contributed by atoms with Gasteiger partial charge in [-0.1, -0.05) is 23.2 Å². The molecular weight excluding hydrogens is 273 g/mol. The Labute approximate surface area is 114 Å². The molecule has 0 atom stereocenters. The molecule has 0 bridgehead atoms. The SMILES string of the molecule is O=Cc1cc(Cl)ccc1OCc1ccncc1Cl. The molecule has 0 spiro atoms. The average Bonchev–Trinajstić information content (AvgIpc) is 2.39. The molecule has 0 aliphatic rings. The zero-order valence-corrected chi connectivity index (χ0v) is 10.8. The van der Waals surface area contributed by atoms with Crippen molar-refractivity contribution in [1.82, 2.24) is 4.98 Å². The first-order valence-corrected chi connectivity index (χ1v) is 5.92. The monoisotopic (exact) mass is 281 g/mol. The second-order valence-electron chi connectivity index (χ2n) is 3.56. The molecule has 0 saturated carbocycles. The Morgan fingerprint density at radius 1 is 1.28 bits per heavy atom. The molecule has 0 fully saturated rings. The zero-order chi connectivity index (χ0) is 13.0. The third-order valence-electron chi connectivity index (χ3n) is 2.34. The number of carbonyl (C=O) groups excluding carboxylic acids is 1. The Morgan fingerprint density at radius 2 is 2.11 bits per heavy atom. The van der Waals surface area contributed by atoms with Gasteiger partial charge in [0.1, 0.15) is 12.4 Å². The maximum Gasteiger partial charge on any atom is 0.153 e. The van der Waals surface area contributed by atoms with Crippen molar-refractivity contribution in [2.24, 2.45) is 0 Å². The smallest absolute Gasteiger partial charge is 0.153 e. The van der Waals surface area contributed by atoms with Crippen LogP contribution in [0.25, 0.3) is 0 Å². The highest BCUT2D eigenvalue weighted by Gasteiger charge is 2.06. The first kappa shape index (κ1) is 12.9. The van der Waals surface area contributed by atoms with Gasteiger partial charge in [-0.2, -0.15) is 0 Å². The first-order valence-electron chi connectivity index (χ1n) is 5.16.